The molecule has 0 aliphatic heterocycles. The minimum Gasteiger partial charge on any atom is -0.298 e. The second-order valence-corrected chi connectivity index (χ2v) is 4.58. The quantitative estimate of drug-likeness (QED) is 0.742. The molecule has 0 spiro atoms. The topological polar surface area (TPSA) is 40.9 Å². The van der Waals surface area contributed by atoms with Crippen molar-refractivity contribution >= 4 is 43.6 Å². The molecule has 0 aliphatic rings. The van der Waals surface area contributed by atoms with Gasteiger partial charge in [0.15, 0.2) is 0 Å². The van der Waals surface area contributed by atoms with E-state index in [0.717, 1.165) is 20.8 Å². The van der Waals surface area contributed by atoms with Crippen LogP contribution in [0.4, 0.5) is 0 Å². The van der Waals surface area contributed by atoms with Gasteiger partial charge in [-0.05, 0) is 22.0 Å². The Bertz CT molecular complexity index is 553. The highest BCUT2D eigenvalue weighted by atomic mass is 79.9. The predicted molar refractivity (Wildman–Crippen MR) is 59.6 cm³/mol. The molecule has 0 amide bonds. The molecule has 0 atom stereocenters. The summed E-state index contributed by atoms with van der Waals surface area (Å²) in [6, 6.07) is 7.49. The van der Waals surface area contributed by atoms with Crippen LogP contribution in [0.5, 0.6) is 0 Å². The summed E-state index contributed by atoms with van der Waals surface area (Å²) >= 11 is 4.74. The van der Waals surface area contributed by atoms with Crippen molar-refractivity contribution in [2.75, 3.05) is 0 Å². The van der Waals surface area contributed by atoms with Crippen LogP contribution in [0.25, 0.3) is 10.1 Å². The van der Waals surface area contributed by atoms with E-state index >= 15 is 0 Å². The van der Waals surface area contributed by atoms with Gasteiger partial charge in [-0.1, -0.05) is 12.1 Å². The standard InChI is InChI=1S/C10H4BrNOS/c11-10-7-2-1-6(5-13)3-8(7)14-9(10)4-12/h1-3,5H. The minimum atomic E-state index is 0.635. The number of carbonyl (C=O) groups excluding carboxylic acids is 1. The lowest BCUT2D eigenvalue weighted by Crippen LogP contribution is -1.76. The third-order valence-corrected chi connectivity index (χ3v) is 4.03. The van der Waals surface area contributed by atoms with Gasteiger partial charge in [-0.15, -0.1) is 11.3 Å². The average molecular weight is 266 g/mol. The highest BCUT2D eigenvalue weighted by molar-refractivity contribution is 9.10. The van der Waals surface area contributed by atoms with Crippen molar-refractivity contribution in [2.45, 2.75) is 0 Å². The number of carbonyl (C=O) groups is 1. The van der Waals surface area contributed by atoms with Gasteiger partial charge in [0.1, 0.15) is 17.2 Å². The summed E-state index contributed by atoms with van der Waals surface area (Å²) in [6.45, 7) is 0. The van der Waals surface area contributed by atoms with E-state index in [-0.39, 0.29) is 0 Å². The van der Waals surface area contributed by atoms with Gasteiger partial charge in [-0.2, -0.15) is 5.26 Å². The van der Waals surface area contributed by atoms with Crippen molar-refractivity contribution in [1.82, 2.24) is 0 Å². The van der Waals surface area contributed by atoms with Gasteiger partial charge in [0, 0.05) is 15.6 Å². The maximum absolute atomic E-state index is 10.5. The van der Waals surface area contributed by atoms with Crippen LogP contribution in [0.15, 0.2) is 22.7 Å². The number of halogens is 1. The molecule has 0 unspecified atom stereocenters. The normalized spacial score (nSPS) is 10.0. The van der Waals surface area contributed by atoms with Crippen LogP contribution < -0.4 is 0 Å². The van der Waals surface area contributed by atoms with Crippen molar-refractivity contribution in [2.24, 2.45) is 0 Å². The molecule has 2 aromatic rings. The Balaban J connectivity index is 2.80. The smallest absolute Gasteiger partial charge is 0.150 e. The molecule has 0 radical (unpaired) electrons. The van der Waals surface area contributed by atoms with Gasteiger partial charge < -0.3 is 0 Å². The van der Waals surface area contributed by atoms with E-state index in [0.29, 0.717) is 10.4 Å². The summed E-state index contributed by atoms with van der Waals surface area (Å²) in [5.41, 5.74) is 0.635. The minimum absolute atomic E-state index is 0.635. The Labute approximate surface area is 92.9 Å². The maximum atomic E-state index is 10.5. The molecule has 4 heteroatoms. The van der Waals surface area contributed by atoms with Crippen LogP contribution >= 0.6 is 27.3 Å². The fourth-order valence-electron chi connectivity index (χ4n) is 1.23. The third kappa shape index (κ3) is 1.35. The Morgan fingerprint density at radius 2 is 2.29 bits per heavy atom. The zero-order chi connectivity index (χ0) is 10.1. The van der Waals surface area contributed by atoms with Crippen LogP contribution in [0.1, 0.15) is 15.2 Å². The second-order valence-electron chi connectivity index (χ2n) is 2.73. The van der Waals surface area contributed by atoms with Crippen molar-refractivity contribution in [3.8, 4) is 6.07 Å². The first kappa shape index (κ1) is 9.38. The van der Waals surface area contributed by atoms with Crippen LogP contribution in [0.3, 0.4) is 0 Å². The molecule has 2 nitrogen and oxygen atoms in total. The van der Waals surface area contributed by atoms with Crippen LogP contribution in [0.2, 0.25) is 0 Å². The SMILES string of the molecule is N#Cc1sc2cc(C=O)ccc2c1Br. The monoisotopic (exact) mass is 265 g/mol. The van der Waals surface area contributed by atoms with E-state index < -0.39 is 0 Å². The van der Waals surface area contributed by atoms with Crippen LogP contribution in [-0.4, -0.2) is 6.29 Å². The number of nitrogens with zero attached hydrogens (tertiary/aromatic N) is 1. The van der Waals surface area contributed by atoms with E-state index in [1.807, 2.05) is 6.07 Å². The molecular weight excluding hydrogens is 262 g/mol. The van der Waals surface area contributed by atoms with Gasteiger partial charge in [0.2, 0.25) is 0 Å². The Morgan fingerprint density at radius 1 is 1.50 bits per heavy atom. The highest BCUT2D eigenvalue weighted by Crippen LogP contribution is 2.35. The molecule has 1 aromatic carbocycles. The number of benzene rings is 1. The van der Waals surface area contributed by atoms with E-state index in [2.05, 4.69) is 22.0 Å². The Hall–Kier alpha value is -1.18. The summed E-state index contributed by atoms with van der Waals surface area (Å²) in [5.74, 6) is 0. The molecule has 68 valence electrons. The first-order valence-corrected chi connectivity index (χ1v) is 5.44. The largest absolute Gasteiger partial charge is 0.298 e. The van der Waals surface area contributed by atoms with Crippen molar-refractivity contribution in [3.05, 3.63) is 33.1 Å². The lowest BCUT2D eigenvalue weighted by molar-refractivity contribution is 0.112. The van der Waals surface area contributed by atoms with Gasteiger partial charge >= 0.3 is 0 Å². The molecule has 0 saturated heterocycles. The van der Waals surface area contributed by atoms with Crippen molar-refractivity contribution < 1.29 is 4.79 Å². The molecule has 1 heterocycles. The molecule has 0 bridgehead atoms. The van der Waals surface area contributed by atoms with E-state index in [1.165, 1.54) is 11.3 Å². The van der Waals surface area contributed by atoms with Crippen molar-refractivity contribution in [1.29, 1.82) is 5.26 Å². The highest BCUT2D eigenvalue weighted by Gasteiger charge is 2.09. The Morgan fingerprint density at radius 3 is 2.93 bits per heavy atom. The van der Waals surface area contributed by atoms with Crippen LogP contribution in [0, 0.1) is 11.3 Å². The van der Waals surface area contributed by atoms with E-state index in [9.17, 15) is 4.79 Å². The summed E-state index contributed by atoms with van der Waals surface area (Å²) in [7, 11) is 0. The summed E-state index contributed by atoms with van der Waals surface area (Å²) in [4.78, 5) is 11.2. The number of hydrogen-bond acceptors (Lipinski definition) is 3. The molecule has 0 N–H and O–H groups in total. The number of rotatable bonds is 1. The zero-order valence-corrected chi connectivity index (χ0v) is 9.35. The molecule has 0 aliphatic carbocycles. The van der Waals surface area contributed by atoms with Gasteiger partial charge in [-0.25, -0.2) is 0 Å². The number of fused-ring (bicyclic) bond motifs is 1. The fraction of sp³-hybridized carbons (Fsp3) is 0. The van der Waals surface area contributed by atoms with Crippen LogP contribution in [-0.2, 0) is 0 Å². The molecule has 2 rings (SSSR count). The summed E-state index contributed by atoms with van der Waals surface area (Å²) in [5, 5.41) is 9.79. The van der Waals surface area contributed by atoms with E-state index in [1.54, 1.807) is 12.1 Å². The average Bonchev–Trinajstić information content (AvgIpc) is 2.55. The third-order valence-electron chi connectivity index (χ3n) is 1.89. The summed E-state index contributed by atoms with van der Waals surface area (Å²) in [6.07, 6.45) is 0.805. The molecule has 14 heavy (non-hydrogen) atoms. The number of thiophene rings is 1. The predicted octanol–water partition coefficient (Wildman–Crippen LogP) is 3.35. The lowest BCUT2D eigenvalue weighted by atomic mass is 10.2. The lowest BCUT2D eigenvalue weighted by Gasteiger charge is -1.91. The van der Waals surface area contributed by atoms with Gasteiger partial charge in [0.05, 0.1) is 4.47 Å². The van der Waals surface area contributed by atoms with Gasteiger partial charge in [0.25, 0.3) is 0 Å². The zero-order valence-electron chi connectivity index (χ0n) is 6.95. The first-order chi connectivity index (χ1) is 6.76. The summed E-state index contributed by atoms with van der Waals surface area (Å²) < 4.78 is 1.77. The number of aldehydes is 1. The van der Waals surface area contributed by atoms with E-state index in [4.69, 9.17) is 5.26 Å². The first-order valence-electron chi connectivity index (χ1n) is 3.83. The molecule has 0 fully saturated rings. The molecule has 0 saturated carbocycles. The molecular formula is C10H4BrNOS. The fourth-order valence-corrected chi connectivity index (χ4v) is 2.98. The van der Waals surface area contributed by atoms with Gasteiger partial charge in [-0.3, -0.25) is 4.79 Å². The number of hydrogen-bond donors (Lipinski definition) is 0. The molecule has 1 aromatic heterocycles. The Kier molecular flexibility index (Phi) is 2.36. The second kappa shape index (κ2) is 3.52. The number of nitriles is 1. The van der Waals surface area contributed by atoms with Crippen molar-refractivity contribution in [3.63, 3.8) is 0 Å². The maximum Gasteiger partial charge on any atom is 0.150 e.